The highest BCUT2D eigenvalue weighted by atomic mass is 19.4. The van der Waals surface area contributed by atoms with Crippen LogP contribution in [0.3, 0.4) is 0 Å². The lowest BCUT2D eigenvalue weighted by Gasteiger charge is -2.23. The zero-order chi connectivity index (χ0) is 14.8. The fourth-order valence-electron chi connectivity index (χ4n) is 1.70. The van der Waals surface area contributed by atoms with Gasteiger partial charge in [0.2, 0.25) is 0 Å². The molecule has 20 heavy (non-hydrogen) atoms. The quantitative estimate of drug-likeness (QED) is 0.941. The Labute approximate surface area is 112 Å². The molecular formula is C13H11F3N2O2. The highest BCUT2D eigenvalue weighted by molar-refractivity contribution is 5.36. The minimum Gasteiger partial charge on any atom is -0.406 e. The molecule has 4 nitrogen and oxygen atoms in total. The van der Waals surface area contributed by atoms with Gasteiger partial charge < -0.3 is 9.84 Å². The van der Waals surface area contributed by atoms with Gasteiger partial charge in [-0.25, -0.2) is 9.97 Å². The van der Waals surface area contributed by atoms with Crippen LogP contribution in [0.4, 0.5) is 13.2 Å². The van der Waals surface area contributed by atoms with Crippen LogP contribution < -0.4 is 4.74 Å². The molecular weight excluding hydrogens is 273 g/mol. The number of benzene rings is 1. The summed E-state index contributed by atoms with van der Waals surface area (Å²) in [6.07, 6.45) is -0.544. The number of nitrogens with zero attached hydrogens (tertiary/aromatic N) is 2. The van der Waals surface area contributed by atoms with Crippen molar-refractivity contribution in [2.24, 2.45) is 0 Å². The smallest absolute Gasteiger partial charge is 0.406 e. The molecule has 0 aliphatic carbocycles. The second kappa shape index (κ2) is 5.09. The van der Waals surface area contributed by atoms with Crippen molar-refractivity contribution in [1.82, 2.24) is 9.97 Å². The van der Waals surface area contributed by atoms with Crippen LogP contribution in [0.1, 0.15) is 18.1 Å². The Morgan fingerprint density at radius 3 is 2.05 bits per heavy atom. The third-order valence-corrected chi connectivity index (χ3v) is 2.77. The first-order valence-electron chi connectivity index (χ1n) is 5.63. The number of aromatic nitrogens is 2. The van der Waals surface area contributed by atoms with E-state index in [1.165, 1.54) is 37.8 Å². The minimum absolute atomic E-state index is 0.346. The molecule has 0 spiro atoms. The van der Waals surface area contributed by atoms with Gasteiger partial charge in [-0.15, -0.1) is 13.2 Å². The summed E-state index contributed by atoms with van der Waals surface area (Å²) in [4.78, 5) is 7.60. The predicted octanol–water partition coefficient (Wildman–Crippen LogP) is 2.63. The second-order valence-corrected chi connectivity index (χ2v) is 4.27. The zero-order valence-corrected chi connectivity index (χ0v) is 10.4. The molecule has 1 N–H and O–H groups in total. The Hall–Kier alpha value is -2.15. The standard InChI is InChI=1S/C13H11F3N2O2/c1-12(19,10-6-17-8-18-7-10)9-2-4-11(5-3-9)20-13(14,15)16/h2-8,19H,1H3. The molecule has 106 valence electrons. The van der Waals surface area contributed by atoms with Crippen molar-refractivity contribution < 1.29 is 23.0 Å². The van der Waals surface area contributed by atoms with Gasteiger partial charge in [-0.2, -0.15) is 0 Å². The highest BCUT2D eigenvalue weighted by Crippen LogP contribution is 2.30. The number of hydrogen-bond acceptors (Lipinski definition) is 4. The summed E-state index contributed by atoms with van der Waals surface area (Å²) in [5.74, 6) is -0.346. The van der Waals surface area contributed by atoms with Gasteiger partial charge >= 0.3 is 6.36 Å². The molecule has 1 unspecified atom stereocenters. The largest absolute Gasteiger partial charge is 0.573 e. The van der Waals surface area contributed by atoms with Crippen molar-refractivity contribution in [1.29, 1.82) is 0 Å². The Kier molecular flexibility index (Phi) is 3.63. The molecule has 2 rings (SSSR count). The molecule has 0 saturated carbocycles. The Morgan fingerprint density at radius 2 is 1.55 bits per heavy atom. The first-order valence-corrected chi connectivity index (χ1v) is 5.63. The van der Waals surface area contributed by atoms with Crippen LogP contribution in [0, 0.1) is 0 Å². The topological polar surface area (TPSA) is 55.2 Å². The van der Waals surface area contributed by atoms with Crippen molar-refractivity contribution in [2.75, 3.05) is 0 Å². The van der Waals surface area contributed by atoms with Gasteiger partial charge in [0, 0.05) is 18.0 Å². The van der Waals surface area contributed by atoms with Crippen molar-refractivity contribution >= 4 is 0 Å². The van der Waals surface area contributed by atoms with E-state index in [0.717, 1.165) is 12.1 Å². The fraction of sp³-hybridized carbons (Fsp3) is 0.231. The maximum absolute atomic E-state index is 12.1. The van der Waals surface area contributed by atoms with E-state index in [4.69, 9.17) is 0 Å². The summed E-state index contributed by atoms with van der Waals surface area (Å²) in [5, 5.41) is 10.4. The fourth-order valence-corrected chi connectivity index (χ4v) is 1.70. The van der Waals surface area contributed by atoms with Crippen LogP contribution in [0.15, 0.2) is 43.0 Å². The van der Waals surface area contributed by atoms with E-state index in [1.54, 1.807) is 0 Å². The molecule has 0 radical (unpaired) electrons. The number of ether oxygens (including phenoxy) is 1. The maximum Gasteiger partial charge on any atom is 0.573 e. The summed E-state index contributed by atoms with van der Waals surface area (Å²) in [5.41, 5.74) is -0.566. The van der Waals surface area contributed by atoms with E-state index in [9.17, 15) is 18.3 Å². The predicted molar refractivity (Wildman–Crippen MR) is 63.8 cm³/mol. The number of aliphatic hydroxyl groups is 1. The van der Waals surface area contributed by atoms with Crippen LogP contribution in [-0.4, -0.2) is 21.4 Å². The van der Waals surface area contributed by atoms with Crippen LogP contribution >= 0.6 is 0 Å². The summed E-state index contributed by atoms with van der Waals surface area (Å²) in [6.45, 7) is 1.51. The third-order valence-electron chi connectivity index (χ3n) is 2.77. The van der Waals surface area contributed by atoms with E-state index in [0.29, 0.717) is 11.1 Å². The number of hydrogen-bond donors (Lipinski definition) is 1. The number of alkyl halides is 3. The summed E-state index contributed by atoms with van der Waals surface area (Å²) in [7, 11) is 0. The number of rotatable bonds is 3. The molecule has 0 fully saturated rings. The van der Waals surface area contributed by atoms with E-state index >= 15 is 0 Å². The molecule has 1 aromatic heterocycles. The first kappa shape index (κ1) is 14.3. The lowest BCUT2D eigenvalue weighted by atomic mass is 9.90. The summed E-state index contributed by atoms with van der Waals surface area (Å²) in [6, 6.07) is 4.99. The lowest BCUT2D eigenvalue weighted by molar-refractivity contribution is -0.274. The van der Waals surface area contributed by atoms with Crippen molar-refractivity contribution in [3.63, 3.8) is 0 Å². The van der Waals surface area contributed by atoms with Crippen molar-refractivity contribution in [3.8, 4) is 5.75 Å². The molecule has 1 aromatic carbocycles. The Bertz CT molecular complexity index is 568. The average Bonchev–Trinajstić information content (AvgIpc) is 2.38. The van der Waals surface area contributed by atoms with E-state index in [2.05, 4.69) is 14.7 Å². The van der Waals surface area contributed by atoms with Gasteiger partial charge in [-0.3, -0.25) is 0 Å². The molecule has 0 aliphatic rings. The van der Waals surface area contributed by atoms with Crippen LogP contribution in [0.2, 0.25) is 0 Å². The monoisotopic (exact) mass is 284 g/mol. The van der Waals surface area contributed by atoms with E-state index in [1.807, 2.05) is 0 Å². The van der Waals surface area contributed by atoms with Gasteiger partial charge in [-0.05, 0) is 24.6 Å². The lowest BCUT2D eigenvalue weighted by Crippen LogP contribution is -2.23. The molecule has 7 heteroatoms. The van der Waals surface area contributed by atoms with E-state index < -0.39 is 12.0 Å². The Morgan fingerprint density at radius 1 is 1.00 bits per heavy atom. The van der Waals surface area contributed by atoms with Crippen LogP contribution in [-0.2, 0) is 5.60 Å². The maximum atomic E-state index is 12.1. The van der Waals surface area contributed by atoms with Crippen LogP contribution in [0.5, 0.6) is 5.75 Å². The van der Waals surface area contributed by atoms with Gasteiger partial charge in [0.1, 0.15) is 17.7 Å². The van der Waals surface area contributed by atoms with Crippen LogP contribution in [0.25, 0.3) is 0 Å². The summed E-state index contributed by atoms with van der Waals surface area (Å²) >= 11 is 0. The molecule has 0 bridgehead atoms. The van der Waals surface area contributed by atoms with Gasteiger partial charge in [0.25, 0.3) is 0 Å². The van der Waals surface area contributed by atoms with E-state index in [-0.39, 0.29) is 5.75 Å². The van der Waals surface area contributed by atoms with Gasteiger partial charge in [-0.1, -0.05) is 12.1 Å². The number of halogens is 3. The second-order valence-electron chi connectivity index (χ2n) is 4.27. The third kappa shape index (κ3) is 3.24. The van der Waals surface area contributed by atoms with Crippen molar-refractivity contribution in [2.45, 2.75) is 18.9 Å². The molecule has 1 heterocycles. The Balaban J connectivity index is 2.26. The minimum atomic E-state index is -4.74. The molecule has 1 atom stereocenters. The first-order chi connectivity index (χ1) is 9.29. The molecule has 0 amide bonds. The normalized spacial score (nSPS) is 14.7. The molecule has 2 aromatic rings. The van der Waals surface area contributed by atoms with Gasteiger partial charge in [0.05, 0.1) is 0 Å². The van der Waals surface area contributed by atoms with Gasteiger partial charge in [0.15, 0.2) is 0 Å². The zero-order valence-electron chi connectivity index (χ0n) is 10.4. The highest BCUT2D eigenvalue weighted by Gasteiger charge is 2.31. The van der Waals surface area contributed by atoms with Crippen molar-refractivity contribution in [3.05, 3.63) is 54.1 Å². The molecule has 0 saturated heterocycles. The average molecular weight is 284 g/mol. The molecule has 0 aliphatic heterocycles. The SMILES string of the molecule is CC(O)(c1ccc(OC(F)(F)F)cc1)c1cncnc1. The summed E-state index contributed by atoms with van der Waals surface area (Å²) < 4.78 is 39.9.